The van der Waals surface area contributed by atoms with Crippen molar-refractivity contribution in [3.05, 3.63) is 61.7 Å². The molecule has 5 nitrogen and oxygen atoms in total. The number of aryl methyl sites for hydroxylation is 3. The van der Waals surface area contributed by atoms with Crippen molar-refractivity contribution in [2.45, 2.75) is 20.8 Å². The fourth-order valence-corrected chi connectivity index (χ4v) is 2.21. The van der Waals surface area contributed by atoms with Crippen molar-refractivity contribution in [3.63, 3.8) is 0 Å². The third kappa shape index (κ3) is 1.79. The Morgan fingerprint density at radius 3 is 2.45 bits per heavy atom. The van der Waals surface area contributed by atoms with E-state index in [2.05, 4.69) is 5.10 Å². The maximum atomic E-state index is 12.3. The number of nitrogens with one attached hydrogen (secondary N) is 1. The van der Waals surface area contributed by atoms with Gasteiger partial charge in [-0.15, -0.1) is 0 Å². The second-order valence-corrected chi connectivity index (χ2v) is 4.97. The number of aromatic nitrogens is 2. The summed E-state index contributed by atoms with van der Waals surface area (Å²) in [6, 6.07) is 7.08. The minimum absolute atomic E-state index is 0.0632. The Bertz CT molecular complexity index is 928. The van der Waals surface area contributed by atoms with E-state index in [-0.39, 0.29) is 11.1 Å². The first-order valence-corrected chi connectivity index (χ1v) is 6.30. The molecule has 1 N–H and O–H groups in total. The molecule has 3 rings (SSSR count). The van der Waals surface area contributed by atoms with Crippen LogP contribution in [0.15, 0.2) is 38.3 Å². The quantitative estimate of drug-likeness (QED) is 0.737. The highest BCUT2D eigenvalue weighted by molar-refractivity contribution is 5.75. The molecule has 0 aliphatic rings. The molecule has 0 aliphatic carbocycles. The van der Waals surface area contributed by atoms with Gasteiger partial charge >= 0.3 is 11.2 Å². The van der Waals surface area contributed by atoms with Crippen LogP contribution in [0.3, 0.4) is 0 Å². The Hall–Kier alpha value is -2.56. The number of benzene rings is 1. The predicted octanol–water partition coefficient (Wildman–Crippen LogP) is 2.20. The summed E-state index contributed by atoms with van der Waals surface area (Å²) < 4.78 is 6.41. The van der Waals surface area contributed by atoms with E-state index in [4.69, 9.17) is 4.42 Å². The van der Waals surface area contributed by atoms with Crippen LogP contribution in [-0.4, -0.2) is 9.78 Å². The minimum Gasteiger partial charge on any atom is -0.415 e. The van der Waals surface area contributed by atoms with Crippen LogP contribution in [0, 0.1) is 20.8 Å². The maximum absolute atomic E-state index is 12.3. The molecule has 0 aliphatic heterocycles. The Labute approximate surface area is 114 Å². The van der Waals surface area contributed by atoms with E-state index in [1.165, 1.54) is 10.7 Å². The van der Waals surface area contributed by atoms with Crippen LogP contribution in [0.1, 0.15) is 16.7 Å². The lowest BCUT2D eigenvalue weighted by molar-refractivity contribution is 0.556. The summed E-state index contributed by atoms with van der Waals surface area (Å²) >= 11 is 0. The normalized spacial score (nSPS) is 11.2. The summed E-state index contributed by atoms with van der Waals surface area (Å²) in [4.78, 5) is 23.7. The highest BCUT2D eigenvalue weighted by Gasteiger charge is 2.13. The number of hydrogen-bond donors (Lipinski definition) is 1. The lowest BCUT2D eigenvalue weighted by Crippen LogP contribution is -2.15. The van der Waals surface area contributed by atoms with E-state index in [0.717, 1.165) is 16.8 Å². The zero-order valence-corrected chi connectivity index (χ0v) is 11.5. The van der Waals surface area contributed by atoms with E-state index in [9.17, 15) is 9.59 Å². The number of hydrogen-bond acceptors (Lipinski definition) is 3. The van der Waals surface area contributed by atoms with Crippen LogP contribution in [0.25, 0.3) is 16.8 Å². The number of rotatable bonds is 1. The molecule has 0 amide bonds. The first-order valence-electron chi connectivity index (χ1n) is 6.30. The van der Waals surface area contributed by atoms with Gasteiger partial charge in [0.15, 0.2) is 0 Å². The molecule has 2 heterocycles. The molecule has 0 saturated heterocycles. The summed E-state index contributed by atoms with van der Waals surface area (Å²) in [5, 5.41) is 2.99. The van der Waals surface area contributed by atoms with Gasteiger partial charge in [0.1, 0.15) is 5.52 Å². The molecule has 0 atom stereocenters. The summed E-state index contributed by atoms with van der Waals surface area (Å²) in [6.45, 7) is 5.76. The highest BCUT2D eigenvalue weighted by Crippen LogP contribution is 2.15. The van der Waals surface area contributed by atoms with Gasteiger partial charge in [-0.2, -0.15) is 0 Å². The average Bonchev–Trinajstić information content (AvgIpc) is 2.71. The first kappa shape index (κ1) is 12.5. The second kappa shape index (κ2) is 4.23. The fraction of sp³-hybridized carbons (Fsp3) is 0.200. The second-order valence-electron chi connectivity index (χ2n) is 4.97. The molecular weight excluding hydrogens is 256 g/mol. The molecule has 2 aromatic heterocycles. The van der Waals surface area contributed by atoms with Gasteiger partial charge in [0.2, 0.25) is 5.58 Å². The minimum atomic E-state index is -0.515. The Kier molecular flexibility index (Phi) is 2.64. The molecule has 0 radical (unpaired) electrons. The van der Waals surface area contributed by atoms with E-state index in [0.29, 0.717) is 11.1 Å². The molecule has 102 valence electrons. The van der Waals surface area contributed by atoms with Gasteiger partial charge in [-0.25, -0.2) is 9.48 Å². The summed E-state index contributed by atoms with van der Waals surface area (Å²) in [5.41, 5.74) is 3.39. The van der Waals surface area contributed by atoms with Crippen molar-refractivity contribution in [3.8, 4) is 5.69 Å². The van der Waals surface area contributed by atoms with Crippen LogP contribution in [-0.2, 0) is 0 Å². The molecule has 0 saturated carbocycles. The van der Waals surface area contributed by atoms with Crippen LogP contribution in [0.2, 0.25) is 0 Å². The summed E-state index contributed by atoms with van der Waals surface area (Å²) in [7, 11) is 0. The van der Waals surface area contributed by atoms with Gasteiger partial charge in [-0.05, 0) is 49.6 Å². The monoisotopic (exact) mass is 270 g/mol. The topological polar surface area (TPSA) is 68.0 Å². The van der Waals surface area contributed by atoms with E-state index in [1.54, 1.807) is 6.92 Å². The maximum Gasteiger partial charge on any atom is 0.336 e. The molecule has 1 aromatic carbocycles. The zero-order valence-electron chi connectivity index (χ0n) is 11.5. The third-order valence-electron chi connectivity index (χ3n) is 3.53. The molecule has 3 aromatic rings. The summed E-state index contributed by atoms with van der Waals surface area (Å²) in [6.07, 6.45) is 0. The van der Waals surface area contributed by atoms with Crippen LogP contribution in [0.5, 0.6) is 0 Å². The number of fused-ring (bicyclic) bond motifs is 1. The van der Waals surface area contributed by atoms with Gasteiger partial charge in [-0.3, -0.25) is 9.89 Å². The molecule has 0 spiro atoms. The van der Waals surface area contributed by atoms with E-state index in [1.807, 2.05) is 32.0 Å². The van der Waals surface area contributed by atoms with Crippen LogP contribution in [0.4, 0.5) is 0 Å². The Morgan fingerprint density at radius 1 is 1.00 bits per heavy atom. The summed E-state index contributed by atoms with van der Waals surface area (Å²) in [5.74, 6) is 0. The Balaban J connectivity index is 2.35. The average molecular weight is 270 g/mol. The molecule has 0 unspecified atom stereocenters. The smallest absolute Gasteiger partial charge is 0.336 e. The van der Waals surface area contributed by atoms with Gasteiger partial charge < -0.3 is 4.42 Å². The fourth-order valence-electron chi connectivity index (χ4n) is 2.21. The van der Waals surface area contributed by atoms with E-state index >= 15 is 0 Å². The van der Waals surface area contributed by atoms with Crippen molar-refractivity contribution in [2.24, 2.45) is 0 Å². The number of aromatic amines is 1. The molecule has 0 bridgehead atoms. The van der Waals surface area contributed by atoms with Gasteiger partial charge in [-0.1, -0.05) is 6.07 Å². The van der Waals surface area contributed by atoms with Gasteiger partial charge in [0, 0.05) is 6.07 Å². The SMILES string of the molecule is Cc1ccc(-n2[nH]c3c(C)cc(=O)oc3c2=O)cc1C. The zero-order chi connectivity index (χ0) is 14.4. The molecule has 5 heteroatoms. The molecular formula is C15H14N2O3. The lowest BCUT2D eigenvalue weighted by atomic mass is 10.1. The van der Waals surface area contributed by atoms with Crippen molar-refractivity contribution < 1.29 is 4.42 Å². The van der Waals surface area contributed by atoms with Crippen LogP contribution >= 0.6 is 0 Å². The standard InChI is InChI=1S/C15H14N2O3/c1-8-4-5-11(6-9(8)2)17-15(19)14-13(16-17)10(3)7-12(18)20-14/h4-7,16H,1-3H3. The van der Waals surface area contributed by atoms with E-state index < -0.39 is 5.63 Å². The lowest BCUT2D eigenvalue weighted by Gasteiger charge is -2.04. The number of H-pyrrole nitrogens is 1. The van der Waals surface area contributed by atoms with Crippen molar-refractivity contribution >= 4 is 11.1 Å². The third-order valence-corrected chi connectivity index (χ3v) is 3.53. The van der Waals surface area contributed by atoms with Crippen molar-refractivity contribution in [1.29, 1.82) is 0 Å². The predicted molar refractivity (Wildman–Crippen MR) is 76.6 cm³/mol. The Morgan fingerprint density at radius 2 is 1.75 bits per heavy atom. The van der Waals surface area contributed by atoms with Gasteiger partial charge in [0.05, 0.1) is 5.69 Å². The van der Waals surface area contributed by atoms with Crippen LogP contribution < -0.4 is 11.2 Å². The largest absolute Gasteiger partial charge is 0.415 e. The molecule has 20 heavy (non-hydrogen) atoms. The highest BCUT2D eigenvalue weighted by atomic mass is 16.4. The van der Waals surface area contributed by atoms with Crippen molar-refractivity contribution in [2.75, 3.05) is 0 Å². The van der Waals surface area contributed by atoms with Gasteiger partial charge in [0.25, 0.3) is 0 Å². The number of nitrogens with zero attached hydrogens (tertiary/aromatic N) is 1. The van der Waals surface area contributed by atoms with Crippen molar-refractivity contribution in [1.82, 2.24) is 9.78 Å². The molecule has 0 fully saturated rings. The first-order chi connectivity index (χ1) is 9.47.